The zero-order chi connectivity index (χ0) is 21.2. The number of anilines is 2. The van der Waals surface area contributed by atoms with E-state index in [9.17, 15) is 4.39 Å². The molecular formula is C23H23FN6O. The van der Waals surface area contributed by atoms with E-state index in [1.54, 1.807) is 10.7 Å². The van der Waals surface area contributed by atoms with Gasteiger partial charge >= 0.3 is 0 Å². The first kappa shape index (κ1) is 19.4. The maximum absolute atomic E-state index is 14.0. The van der Waals surface area contributed by atoms with Crippen LogP contribution in [0.25, 0.3) is 22.3 Å². The van der Waals surface area contributed by atoms with Crippen LogP contribution in [0.4, 0.5) is 16.2 Å². The molecule has 0 amide bonds. The van der Waals surface area contributed by atoms with E-state index >= 15 is 0 Å². The predicted molar refractivity (Wildman–Crippen MR) is 118 cm³/mol. The fourth-order valence-corrected chi connectivity index (χ4v) is 3.87. The third kappa shape index (κ3) is 4.06. The molecule has 2 aromatic carbocycles. The average Bonchev–Trinajstić information content (AvgIpc) is 3.41. The van der Waals surface area contributed by atoms with Crippen molar-refractivity contribution in [2.75, 3.05) is 24.2 Å². The van der Waals surface area contributed by atoms with Gasteiger partial charge in [-0.15, -0.1) is 5.10 Å². The lowest BCUT2D eigenvalue weighted by atomic mass is 10.1. The fourth-order valence-electron chi connectivity index (χ4n) is 3.87. The maximum atomic E-state index is 14.0. The Bertz CT molecular complexity index is 1200. The van der Waals surface area contributed by atoms with Crippen LogP contribution in [-0.4, -0.2) is 39.0 Å². The van der Waals surface area contributed by atoms with Gasteiger partial charge in [0, 0.05) is 18.7 Å². The highest BCUT2D eigenvalue weighted by Gasteiger charge is 2.20. The van der Waals surface area contributed by atoms with Crippen LogP contribution in [0.3, 0.4) is 0 Å². The topological polar surface area (TPSA) is 90.9 Å². The fraction of sp³-hybridized carbons (Fsp3) is 0.261. The summed E-state index contributed by atoms with van der Waals surface area (Å²) in [6, 6.07) is 16.2. The number of rotatable bonds is 6. The monoisotopic (exact) mass is 418 g/mol. The second-order valence-corrected chi connectivity index (χ2v) is 7.65. The number of hydrogen-bond donors (Lipinski definition) is 2. The van der Waals surface area contributed by atoms with Crippen LogP contribution in [0.15, 0.2) is 54.6 Å². The van der Waals surface area contributed by atoms with E-state index in [-0.39, 0.29) is 11.9 Å². The van der Waals surface area contributed by atoms with Crippen molar-refractivity contribution in [1.82, 2.24) is 19.7 Å². The lowest BCUT2D eigenvalue weighted by molar-refractivity contribution is 0.120. The van der Waals surface area contributed by atoms with Gasteiger partial charge in [0.15, 0.2) is 5.65 Å². The molecule has 1 aliphatic rings. The molecule has 2 aromatic heterocycles. The largest absolute Gasteiger partial charge is 0.383 e. The van der Waals surface area contributed by atoms with E-state index in [2.05, 4.69) is 20.4 Å². The van der Waals surface area contributed by atoms with Crippen LogP contribution < -0.4 is 11.1 Å². The minimum absolute atomic E-state index is 0.137. The van der Waals surface area contributed by atoms with Crippen LogP contribution in [0, 0.1) is 5.82 Å². The number of nitrogens with zero attached hydrogens (tertiary/aromatic N) is 4. The van der Waals surface area contributed by atoms with Gasteiger partial charge < -0.3 is 15.8 Å². The molecule has 3 heterocycles. The Morgan fingerprint density at radius 3 is 2.77 bits per heavy atom. The third-order valence-electron chi connectivity index (χ3n) is 5.42. The Kier molecular flexibility index (Phi) is 5.21. The number of nitrogens with two attached hydrogens (primary N) is 1. The van der Waals surface area contributed by atoms with E-state index in [0.29, 0.717) is 47.1 Å². The van der Waals surface area contributed by atoms with Gasteiger partial charge in [-0.05, 0) is 30.5 Å². The highest BCUT2D eigenvalue weighted by molar-refractivity contribution is 5.98. The van der Waals surface area contributed by atoms with Crippen LogP contribution in [-0.2, 0) is 11.3 Å². The van der Waals surface area contributed by atoms with Crippen LogP contribution in [0.1, 0.15) is 18.4 Å². The number of nitrogens with one attached hydrogen (secondary N) is 1. The molecule has 0 radical (unpaired) electrons. The second kappa shape index (κ2) is 8.31. The van der Waals surface area contributed by atoms with E-state index in [0.717, 1.165) is 25.0 Å². The molecule has 31 heavy (non-hydrogen) atoms. The second-order valence-electron chi connectivity index (χ2n) is 7.65. The quantitative estimate of drug-likeness (QED) is 0.494. The zero-order valence-corrected chi connectivity index (χ0v) is 17.0. The molecule has 0 unspecified atom stereocenters. The molecule has 5 rings (SSSR count). The van der Waals surface area contributed by atoms with E-state index < -0.39 is 0 Å². The molecule has 1 atom stereocenters. The van der Waals surface area contributed by atoms with Gasteiger partial charge in [-0.2, -0.15) is 4.98 Å². The zero-order valence-electron chi connectivity index (χ0n) is 17.0. The highest BCUT2D eigenvalue weighted by atomic mass is 19.1. The molecule has 1 fully saturated rings. The molecule has 0 spiro atoms. The van der Waals surface area contributed by atoms with Crippen molar-refractivity contribution in [2.45, 2.75) is 25.5 Å². The summed E-state index contributed by atoms with van der Waals surface area (Å²) < 4.78 is 21.4. The number of halogens is 1. The normalized spacial score (nSPS) is 16.1. The molecule has 4 aromatic rings. The lowest BCUT2D eigenvalue weighted by Crippen LogP contribution is -2.19. The lowest BCUT2D eigenvalue weighted by Gasteiger charge is -2.12. The highest BCUT2D eigenvalue weighted by Crippen LogP contribution is 2.32. The Hall–Kier alpha value is -3.52. The molecule has 158 valence electrons. The number of hydrogen-bond acceptors (Lipinski definition) is 6. The van der Waals surface area contributed by atoms with Crippen molar-refractivity contribution in [3.63, 3.8) is 0 Å². The molecule has 7 nitrogen and oxygen atoms in total. The summed E-state index contributed by atoms with van der Waals surface area (Å²) in [7, 11) is 0. The van der Waals surface area contributed by atoms with Gasteiger partial charge in [-0.3, -0.25) is 0 Å². The summed E-state index contributed by atoms with van der Waals surface area (Å²) in [6.45, 7) is 1.89. The minimum atomic E-state index is -0.339. The Balaban J connectivity index is 1.58. The van der Waals surface area contributed by atoms with Crippen LogP contribution in [0.2, 0.25) is 0 Å². The van der Waals surface area contributed by atoms with Gasteiger partial charge in [0.25, 0.3) is 0 Å². The SMILES string of the molecule is Nc1c2c(-c3cccc(F)c3)nc(NC[C@H]3CCCO3)nc2nn1Cc1ccccc1. The Morgan fingerprint density at radius 2 is 2.00 bits per heavy atom. The number of benzene rings is 2. The summed E-state index contributed by atoms with van der Waals surface area (Å²) in [5.74, 6) is 0.531. The van der Waals surface area contributed by atoms with Gasteiger partial charge in [0.1, 0.15) is 11.6 Å². The first-order chi connectivity index (χ1) is 15.2. The smallest absolute Gasteiger partial charge is 0.225 e. The minimum Gasteiger partial charge on any atom is -0.383 e. The molecule has 1 saturated heterocycles. The summed E-state index contributed by atoms with van der Waals surface area (Å²) in [4.78, 5) is 9.26. The maximum Gasteiger partial charge on any atom is 0.225 e. The number of fused-ring (bicyclic) bond motifs is 1. The number of ether oxygens (including phenoxy) is 1. The molecule has 0 saturated carbocycles. The van der Waals surface area contributed by atoms with E-state index in [1.807, 2.05) is 36.4 Å². The van der Waals surface area contributed by atoms with Crippen molar-refractivity contribution >= 4 is 22.8 Å². The van der Waals surface area contributed by atoms with Crippen molar-refractivity contribution in [1.29, 1.82) is 0 Å². The summed E-state index contributed by atoms with van der Waals surface area (Å²) >= 11 is 0. The van der Waals surface area contributed by atoms with Crippen molar-refractivity contribution in [2.24, 2.45) is 0 Å². The van der Waals surface area contributed by atoms with Crippen molar-refractivity contribution < 1.29 is 9.13 Å². The number of nitrogen functional groups attached to an aromatic ring is 1. The molecule has 0 aliphatic carbocycles. The van der Waals surface area contributed by atoms with Gasteiger partial charge in [0.05, 0.1) is 23.7 Å². The molecular weight excluding hydrogens is 395 g/mol. The van der Waals surface area contributed by atoms with Crippen molar-refractivity contribution in [3.05, 3.63) is 66.0 Å². The molecule has 0 bridgehead atoms. The first-order valence-electron chi connectivity index (χ1n) is 10.4. The summed E-state index contributed by atoms with van der Waals surface area (Å²) in [6.07, 6.45) is 2.20. The van der Waals surface area contributed by atoms with Crippen LogP contribution >= 0.6 is 0 Å². The summed E-state index contributed by atoms with van der Waals surface area (Å²) in [5, 5.41) is 8.50. The van der Waals surface area contributed by atoms with Crippen molar-refractivity contribution in [3.8, 4) is 11.3 Å². The Labute approximate surface area is 179 Å². The van der Waals surface area contributed by atoms with Gasteiger partial charge in [-0.25, -0.2) is 14.1 Å². The molecule has 3 N–H and O–H groups in total. The number of aromatic nitrogens is 4. The van der Waals surface area contributed by atoms with Crippen LogP contribution in [0.5, 0.6) is 0 Å². The Morgan fingerprint density at radius 1 is 1.13 bits per heavy atom. The first-order valence-corrected chi connectivity index (χ1v) is 10.4. The standard InChI is InChI=1S/C23H23FN6O/c24-17-9-4-8-16(12-17)20-19-21(25)30(14-15-6-2-1-3-7-15)29-22(19)28-23(27-20)26-13-18-10-5-11-31-18/h1-4,6-9,12,18H,5,10-11,13-14,25H2,(H,26,28,29)/t18-/m1/s1. The van der Waals surface area contributed by atoms with Gasteiger partial charge in [-0.1, -0.05) is 42.5 Å². The van der Waals surface area contributed by atoms with E-state index in [1.165, 1.54) is 12.1 Å². The predicted octanol–water partition coefficient (Wildman–Crippen LogP) is 3.85. The summed E-state index contributed by atoms with van der Waals surface area (Å²) in [5.41, 5.74) is 9.19. The molecule has 1 aliphatic heterocycles. The van der Waals surface area contributed by atoms with Gasteiger partial charge in [0.2, 0.25) is 5.95 Å². The third-order valence-corrected chi connectivity index (χ3v) is 5.42. The van der Waals surface area contributed by atoms with E-state index in [4.69, 9.17) is 10.5 Å². The molecule has 8 heteroatoms. The average molecular weight is 418 g/mol.